The molecule has 0 aromatic carbocycles. The van der Waals surface area contributed by atoms with Gasteiger partial charge in [0.2, 0.25) is 0 Å². The molecule has 1 unspecified atom stereocenters. The maximum absolute atomic E-state index is 12.0. The van der Waals surface area contributed by atoms with Crippen molar-refractivity contribution in [1.82, 2.24) is 9.55 Å². The Balaban J connectivity index is 2.08. The average molecular weight is 254 g/mol. The SMILES string of the molecule is Cc1cc2c(n1C(C)c1ccncc1)CCCC2=O. The minimum absolute atomic E-state index is 0.248. The van der Waals surface area contributed by atoms with E-state index in [2.05, 4.69) is 29.5 Å². The molecule has 0 saturated carbocycles. The second kappa shape index (κ2) is 4.65. The van der Waals surface area contributed by atoms with Crippen LogP contribution < -0.4 is 0 Å². The van der Waals surface area contributed by atoms with Gasteiger partial charge in [-0.05, 0) is 50.5 Å². The van der Waals surface area contributed by atoms with Gasteiger partial charge in [-0.1, -0.05) is 0 Å². The number of hydrogen-bond donors (Lipinski definition) is 0. The molecular weight excluding hydrogens is 236 g/mol. The predicted octanol–water partition coefficient (Wildman–Crippen LogP) is 3.32. The number of ketones is 1. The molecule has 98 valence electrons. The second-order valence-electron chi connectivity index (χ2n) is 5.25. The normalized spacial score (nSPS) is 16.2. The van der Waals surface area contributed by atoms with E-state index in [9.17, 15) is 4.79 Å². The van der Waals surface area contributed by atoms with E-state index < -0.39 is 0 Å². The Morgan fingerprint density at radius 1 is 1.26 bits per heavy atom. The summed E-state index contributed by atoms with van der Waals surface area (Å²) in [4.78, 5) is 16.1. The molecule has 0 N–H and O–H groups in total. The standard InChI is InChI=1S/C16H18N2O/c1-11-10-14-15(4-3-5-16(14)19)18(11)12(2)13-6-8-17-9-7-13/h6-10,12H,3-5H2,1-2H3. The van der Waals surface area contributed by atoms with Crippen molar-refractivity contribution in [3.63, 3.8) is 0 Å². The molecule has 2 aromatic rings. The van der Waals surface area contributed by atoms with Crippen LogP contribution in [-0.2, 0) is 6.42 Å². The van der Waals surface area contributed by atoms with Crippen LogP contribution in [0.4, 0.5) is 0 Å². The lowest BCUT2D eigenvalue weighted by atomic mass is 9.96. The van der Waals surface area contributed by atoms with Gasteiger partial charge in [0, 0.05) is 35.8 Å². The molecule has 0 saturated heterocycles. The zero-order valence-electron chi connectivity index (χ0n) is 11.4. The molecule has 0 bridgehead atoms. The summed E-state index contributed by atoms with van der Waals surface area (Å²) in [5.41, 5.74) is 4.54. The van der Waals surface area contributed by atoms with Crippen LogP contribution in [0.5, 0.6) is 0 Å². The molecule has 0 spiro atoms. The first-order chi connectivity index (χ1) is 9.18. The second-order valence-corrected chi connectivity index (χ2v) is 5.25. The zero-order valence-corrected chi connectivity index (χ0v) is 11.4. The largest absolute Gasteiger partial charge is 0.341 e. The van der Waals surface area contributed by atoms with Gasteiger partial charge in [-0.2, -0.15) is 0 Å². The number of hydrogen-bond acceptors (Lipinski definition) is 2. The smallest absolute Gasteiger partial charge is 0.164 e. The molecule has 3 heteroatoms. The highest BCUT2D eigenvalue weighted by Gasteiger charge is 2.24. The summed E-state index contributed by atoms with van der Waals surface area (Å²) in [7, 11) is 0. The van der Waals surface area contributed by atoms with Crippen molar-refractivity contribution in [2.24, 2.45) is 0 Å². The molecule has 3 nitrogen and oxygen atoms in total. The number of pyridine rings is 1. The Labute approximate surface area is 113 Å². The summed E-state index contributed by atoms with van der Waals surface area (Å²) < 4.78 is 2.31. The highest BCUT2D eigenvalue weighted by molar-refractivity contribution is 5.98. The van der Waals surface area contributed by atoms with E-state index in [1.807, 2.05) is 24.5 Å². The minimum atomic E-state index is 0.248. The topological polar surface area (TPSA) is 34.9 Å². The first-order valence-corrected chi connectivity index (χ1v) is 6.82. The molecule has 1 aliphatic rings. The van der Waals surface area contributed by atoms with Crippen LogP contribution in [0.3, 0.4) is 0 Å². The van der Waals surface area contributed by atoms with Crippen molar-refractivity contribution in [2.75, 3.05) is 0 Å². The Hall–Kier alpha value is -1.90. The number of Topliss-reactive ketones (excluding diaryl/α,β-unsaturated/α-hetero) is 1. The number of nitrogens with zero attached hydrogens (tertiary/aromatic N) is 2. The number of aromatic nitrogens is 2. The van der Waals surface area contributed by atoms with E-state index in [0.717, 1.165) is 18.4 Å². The van der Waals surface area contributed by atoms with Gasteiger partial charge in [0.05, 0.1) is 6.04 Å². The lowest BCUT2D eigenvalue weighted by Crippen LogP contribution is -2.16. The number of rotatable bonds is 2. The van der Waals surface area contributed by atoms with Gasteiger partial charge in [0.25, 0.3) is 0 Å². The van der Waals surface area contributed by atoms with Crippen LogP contribution >= 0.6 is 0 Å². The fourth-order valence-electron chi connectivity index (χ4n) is 3.08. The van der Waals surface area contributed by atoms with Gasteiger partial charge in [-0.25, -0.2) is 0 Å². The fraction of sp³-hybridized carbons (Fsp3) is 0.375. The van der Waals surface area contributed by atoms with Gasteiger partial charge in [0.15, 0.2) is 5.78 Å². The molecule has 1 aliphatic carbocycles. The van der Waals surface area contributed by atoms with Gasteiger partial charge >= 0.3 is 0 Å². The van der Waals surface area contributed by atoms with Crippen molar-refractivity contribution in [3.8, 4) is 0 Å². The van der Waals surface area contributed by atoms with Gasteiger partial charge in [-0.3, -0.25) is 9.78 Å². The predicted molar refractivity (Wildman–Crippen MR) is 74.5 cm³/mol. The van der Waals surface area contributed by atoms with Gasteiger partial charge in [-0.15, -0.1) is 0 Å². The summed E-state index contributed by atoms with van der Waals surface area (Å²) in [6.07, 6.45) is 6.31. The summed E-state index contributed by atoms with van der Waals surface area (Å²) in [6, 6.07) is 6.38. The first-order valence-electron chi connectivity index (χ1n) is 6.82. The molecule has 19 heavy (non-hydrogen) atoms. The van der Waals surface area contributed by atoms with Gasteiger partial charge < -0.3 is 4.57 Å². The average Bonchev–Trinajstić information content (AvgIpc) is 2.77. The van der Waals surface area contributed by atoms with Crippen molar-refractivity contribution < 1.29 is 4.79 Å². The third-order valence-corrected chi connectivity index (χ3v) is 4.03. The Morgan fingerprint density at radius 3 is 2.74 bits per heavy atom. The van der Waals surface area contributed by atoms with E-state index in [4.69, 9.17) is 0 Å². The van der Waals surface area contributed by atoms with Crippen LogP contribution in [0.25, 0.3) is 0 Å². The molecule has 2 aromatic heterocycles. The van der Waals surface area contributed by atoms with Crippen LogP contribution in [0.1, 0.15) is 53.1 Å². The molecule has 0 fully saturated rings. The van der Waals surface area contributed by atoms with E-state index >= 15 is 0 Å². The maximum atomic E-state index is 12.0. The van der Waals surface area contributed by atoms with Crippen molar-refractivity contribution >= 4 is 5.78 Å². The molecule has 0 radical (unpaired) electrons. The van der Waals surface area contributed by atoms with Crippen LogP contribution in [0, 0.1) is 6.92 Å². The Morgan fingerprint density at radius 2 is 2.00 bits per heavy atom. The number of fused-ring (bicyclic) bond motifs is 1. The van der Waals surface area contributed by atoms with Crippen LogP contribution in [0.2, 0.25) is 0 Å². The maximum Gasteiger partial charge on any atom is 0.164 e. The molecule has 0 aliphatic heterocycles. The molecule has 2 heterocycles. The fourth-order valence-corrected chi connectivity index (χ4v) is 3.08. The summed E-state index contributed by atoms with van der Waals surface area (Å²) >= 11 is 0. The monoisotopic (exact) mass is 254 g/mol. The van der Waals surface area contributed by atoms with E-state index in [1.54, 1.807) is 0 Å². The highest BCUT2D eigenvalue weighted by Crippen LogP contribution is 2.30. The molecule has 1 atom stereocenters. The first kappa shape index (κ1) is 12.2. The van der Waals surface area contributed by atoms with E-state index in [0.29, 0.717) is 12.2 Å². The zero-order chi connectivity index (χ0) is 13.4. The molecular formula is C16H18N2O. The van der Waals surface area contributed by atoms with Crippen LogP contribution in [-0.4, -0.2) is 15.3 Å². The minimum Gasteiger partial charge on any atom is -0.341 e. The van der Waals surface area contributed by atoms with E-state index in [1.165, 1.54) is 17.0 Å². The number of carbonyl (C=O) groups is 1. The lowest BCUT2D eigenvalue weighted by Gasteiger charge is -2.22. The third-order valence-electron chi connectivity index (χ3n) is 4.03. The van der Waals surface area contributed by atoms with Crippen molar-refractivity contribution in [2.45, 2.75) is 39.2 Å². The summed E-state index contributed by atoms with van der Waals surface area (Å²) in [6.45, 7) is 4.27. The number of carbonyl (C=O) groups excluding carboxylic acids is 1. The summed E-state index contributed by atoms with van der Waals surface area (Å²) in [5, 5.41) is 0. The van der Waals surface area contributed by atoms with Crippen LogP contribution in [0.15, 0.2) is 30.6 Å². The highest BCUT2D eigenvalue weighted by atomic mass is 16.1. The number of aryl methyl sites for hydroxylation is 1. The van der Waals surface area contributed by atoms with Crippen molar-refractivity contribution in [3.05, 3.63) is 53.1 Å². The quantitative estimate of drug-likeness (QED) is 0.824. The molecule has 3 rings (SSSR count). The van der Waals surface area contributed by atoms with Crippen molar-refractivity contribution in [1.29, 1.82) is 0 Å². The Bertz CT molecular complexity index is 613. The third kappa shape index (κ3) is 1.99. The molecule has 0 amide bonds. The Kier molecular flexibility index (Phi) is 2.97. The van der Waals surface area contributed by atoms with E-state index in [-0.39, 0.29) is 6.04 Å². The summed E-state index contributed by atoms with van der Waals surface area (Å²) in [5.74, 6) is 0.296. The lowest BCUT2D eigenvalue weighted by molar-refractivity contribution is 0.0971. The van der Waals surface area contributed by atoms with Gasteiger partial charge in [0.1, 0.15) is 0 Å².